The lowest BCUT2D eigenvalue weighted by Crippen LogP contribution is -2.47. The Hall–Kier alpha value is -3.21. The fourth-order valence-electron chi connectivity index (χ4n) is 4.27. The molecular formula is C25H25N5O3S2. The highest BCUT2D eigenvalue weighted by atomic mass is 32.2. The Morgan fingerprint density at radius 3 is 2.60 bits per heavy atom. The van der Waals surface area contributed by atoms with E-state index in [-0.39, 0.29) is 5.91 Å². The van der Waals surface area contributed by atoms with Crippen LogP contribution in [-0.2, 0) is 17.4 Å². The lowest BCUT2D eigenvalue weighted by Gasteiger charge is -2.38. The molecule has 2 aromatic carbocycles. The number of anilines is 1. The van der Waals surface area contributed by atoms with Gasteiger partial charge in [-0.3, -0.25) is 14.8 Å². The van der Waals surface area contributed by atoms with Crippen molar-refractivity contribution in [3.63, 3.8) is 0 Å². The van der Waals surface area contributed by atoms with Gasteiger partial charge >= 0.3 is 0 Å². The van der Waals surface area contributed by atoms with Gasteiger partial charge in [-0.15, -0.1) is 0 Å². The van der Waals surface area contributed by atoms with E-state index in [1.807, 2.05) is 19.1 Å². The summed E-state index contributed by atoms with van der Waals surface area (Å²) in [5, 5.41) is 11.0. The van der Waals surface area contributed by atoms with Gasteiger partial charge in [0.2, 0.25) is 0 Å². The van der Waals surface area contributed by atoms with Gasteiger partial charge in [0.25, 0.3) is 5.91 Å². The number of hydrogen-bond donors (Lipinski definition) is 2. The Kier molecular flexibility index (Phi) is 6.59. The number of hydrogen-bond acceptors (Lipinski definition) is 7. The molecule has 0 spiro atoms. The molecule has 0 radical (unpaired) electrons. The number of carbonyl (C=O) groups is 1. The highest BCUT2D eigenvalue weighted by molar-refractivity contribution is 7.86. The minimum Gasteiger partial charge on any atom is -0.389 e. The summed E-state index contributed by atoms with van der Waals surface area (Å²) in [6.45, 7) is 2.95. The molecule has 2 N–H and O–H groups in total. The van der Waals surface area contributed by atoms with Crippen molar-refractivity contribution in [3.05, 3.63) is 77.1 Å². The largest absolute Gasteiger partial charge is 0.389 e. The van der Waals surface area contributed by atoms with Crippen molar-refractivity contribution in [1.29, 1.82) is 0 Å². The molecular weight excluding hydrogens is 482 g/mol. The summed E-state index contributed by atoms with van der Waals surface area (Å²) in [7, 11) is -1.53. The van der Waals surface area contributed by atoms with E-state index < -0.39 is 16.6 Å². The van der Waals surface area contributed by atoms with Crippen molar-refractivity contribution in [2.75, 3.05) is 17.8 Å². The number of aliphatic hydroxyl groups is 1. The van der Waals surface area contributed by atoms with Crippen LogP contribution < -0.4 is 4.72 Å². The summed E-state index contributed by atoms with van der Waals surface area (Å²) in [4.78, 5) is 25.0. The maximum Gasteiger partial charge on any atom is 0.253 e. The highest BCUT2D eigenvalue weighted by Gasteiger charge is 2.34. The van der Waals surface area contributed by atoms with Crippen molar-refractivity contribution in [2.24, 2.45) is 0 Å². The van der Waals surface area contributed by atoms with Gasteiger partial charge in [-0.05, 0) is 73.8 Å². The van der Waals surface area contributed by atoms with E-state index in [2.05, 4.69) is 19.1 Å². The maximum absolute atomic E-state index is 13.0. The fourth-order valence-corrected chi connectivity index (χ4v) is 6.13. The number of nitrogens with zero attached hydrogens (tertiary/aromatic N) is 4. The molecule has 1 aliphatic rings. The molecule has 1 unspecified atom stereocenters. The van der Waals surface area contributed by atoms with Crippen LogP contribution in [0.15, 0.2) is 65.8 Å². The second kappa shape index (κ2) is 9.80. The van der Waals surface area contributed by atoms with Crippen LogP contribution >= 0.6 is 11.5 Å². The third-order valence-electron chi connectivity index (χ3n) is 6.17. The van der Waals surface area contributed by atoms with Gasteiger partial charge in [0.05, 0.1) is 21.7 Å². The van der Waals surface area contributed by atoms with Gasteiger partial charge in [-0.1, -0.05) is 6.07 Å². The topological polar surface area (TPSA) is 108 Å². The number of benzene rings is 2. The smallest absolute Gasteiger partial charge is 0.253 e. The van der Waals surface area contributed by atoms with E-state index in [0.717, 1.165) is 10.6 Å². The zero-order valence-electron chi connectivity index (χ0n) is 19.2. The van der Waals surface area contributed by atoms with Gasteiger partial charge in [0.1, 0.15) is 5.52 Å². The second-order valence-corrected chi connectivity index (χ2v) is 10.8. The quantitative estimate of drug-likeness (QED) is 0.412. The Morgan fingerprint density at radius 2 is 1.89 bits per heavy atom. The van der Waals surface area contributed by atoms with Gasteiger partial charge < -0.3 is 14.7 Å². The minimum absolute atomic E-state index is 0.0716. The van der Waals surface area contributed by atoms with Crippen LogP contribution in [0.25, 0.3) is 11.0 Å². The zero-order valence-corrected chi connectivity index (χ0v) is 20.8. The minimum atomic E-state index is -1.53. The molecule has 8 nitrogen and oxygen atoms in total. The molecule has 10 heteroatoms. The lowest BCUT2D eigenvalue weighted by atomic mass is 9.87. The molecule has 0 bridgehead atoms. The number of fused-ring (bicyclic) bond motifs is 1. The van der Waals surface area contributed by atoms with Crippen molar-refractivity contribution in [3.8, 4) is 0 Å². The number of likely N-dealkylation sites (tertiary alicyclic amines) is 1. The number of nitrogens with one attached hydrogen (secondary N) is 1. The van der Waals surface area contributed by atoms with Crippen LogP contribution in [0.5, 0.6) is 0 Å². The first kappa shape index (κ1) is 23.5. The number of aryl methyl sites for hydroxylation is 1. The monoisotopic (exact) mass is 507 g/mol. The lowest BCUT2D eigenvalue weighted by molar-refractivity contribution is -0.0157. The molecule has 1 aliphatic heterocycles. The summed E-state index contributed by atoms with van der Waals surface area (Å²) in [6, 6.07) is 14.3. The molecule has 4 aromatic rings. The first-order chi connectivity index (χ1) is 16.9. The van der Waals surface area contributed by atoms with E-state index in [1.54, 1.807) is 53.7 Å². The molecule has 1 amide bonds. The van der Waals surface area contributed by atoms with Gasteiger partial charge in [0, 0.05) is 48.0 Å². The van der Waals surface area contributed by atoms with Crippen LogP contribution in [0.4, 0.5) is 5.69 Å². The Bertz CT molecular complexity index is 1380. The first-order valence-corrected chi connectivity index (χ1v) is 13.2. The van der Waals surface area contributed by atoms with Crippen LogP contribution in [0.3, 0.4) is 0 Å². The number of aromatic nitrogens is 3. The normalized spacial score (nSPS) is 16.2. The molecule has 1 atom stereocenters. The van der Waals surface area contributed by atoms with Crippen LogP contribution in [0.2, 0.25) is 0 Å². The highest BCUT2D eigenvalue weighted by Crippen LogP contribution is 2.29. The molecule has 3 heterocycles. The third-order valence-corrected chi connectivity index (χ3v) is 8.19. The first-order valence-electron chi connectivity index (χ1n) is 11.3. The number of carbonyl (C=O) groups excluding carboxylic acids is 1. The van der Waals surface area contributed by atoms with Crippen molar-refractivity contribution >= 4 is 45.1 Å². The van der Waals surface area contributed by atoms with Gasteiger partial charge in [-0.25, -0.2) is 4.21 Å². The van der Waals surface area contributed by atoms with Crippen LogP contribution in [0.1, 0.15) is 33.8 Å². The summed E-state index contributed by atoms with van der Waals surface area (Å²) >= 11 is 1.43. The van der Waals surface area contributed by atoms with Gasteiger partial charge in [0.15, 0.2) is 11.0 Å². The molecule has 2 aromatic heterocycles. The number of amides is 1. The van der Waals surface area contributed by atoms with Crippen LogP contribution in [-0.4, -0.2) is 53.2 Å². The summed E-state index contributed by atoms with van der Waals surface area (Å²) in [5.41, 5.74) is 2.61. The summed E-state index contributed by atoms with van der Waals surface area (Å²) in [6.07, 6.45) is 4.80. The van der Waals surface area contributed by atoms with Crippen molar-refractivity contribution in [2.45, 2.75) is 36.7 Å². The van der Waals surface area contributed by atoms with E-state index >= 15 is 0 Å². The van der Waals surface area contributed by atoms with Gasteiger partial charge in [-0.2, -0.15) is 4.37 Å². The summed E-state index contributed by atoms with van der Waals surface area (Å²) in [5.74, 6) is -0.0716. The Morgan fingerprint density at radius 1 is 1.14 bits per heavy atom. The van der Waals surface area contributed by atoms with E-state index in [9.17, 15) is 14.1 Å². The average Bonchev–Trinajstić information content (AvgIpc) is 3.27. The predicted octanol–water partition coefficient (Wildman–Crippen LogP) is 3.74. The van der Waals surface area contributed by atoms with Crippen molar-refractivity contribution in [1.82, 2.24) is 19.2 Å². The van der Waals surface area contributed by atoms with E-state index in [1.165, 1.54) is 11.5 Å². The molecule has 180 valence electrons. The predicted molar refractivity (Wildman–Crippen MR) is 137 cm³/mol. The number of rotatable bonds is 6. The van der Waals surface area contributed by atoms with Crippen molar-refractivity contribution < 1.29 is 14.1 Å². The molecule has 5 rings (SSSR count). The molecule has 0 saturated carbocycles. The average molecular weight is 508 g/mol. The Labute approximate surface area is 209 Å². The van der Waals surface area contributed by atoms with Crippen LogP contribution in [0, 0.1) is 6.92 Å². The maximum atomic E-state index is 13.0. The summed E-state index contributed by atoms with van der Waals surface area (Å²) < 4.78 is 20.2. The van der Waals surface area contributed by atoms with E-state index in [0.29, 0.717) is 59.5 Å². The molecule has 0 aliphatic carbocycles. The molecule has 35 heavy (non-hydrogen) atoms. The second-order valence-electron chi connectivity index (χ2n) is 8.76. The van der Waals surface area contributed by atoms with E-state index in [4.69, 9.17) is 0 Å². The molecule has 1 saturated heterocycles. The number of piperidine rings is 1. The fraction of sp³-hybridized carbons (Fsp3) is 0.280. The third kappa shape index (κ3) is 5.24. The number of para-hydroxylation sites is 1. The standard InChI is InChI=1S/C25H25N5O3S2/c1-17-15-20(34-28-17)16-25(32)9-13-30(14-10-25)24(31)18-5-7-19(8-6-18)29-35(33)22-4-2-3-21-23(22)27-12-11-26-21/h2-8,11-12,15,29,32H,9-10,13-14,16H2,1H3. The molecule has 1 fully saturated rings. The SMILES string of the molecule is Cc1cc(CC2(O)CCN(C(=O)c3ccc(NS(=O)c4cccc5nccnc45)cc3)CC2)sn1. The zero-order chi connectivity index (χ0) is 24.4. The Balaban J connectivity index is 1.20.